The Morgan fingerprint density at radius 2 is 1.95 bits per heavy atom. The van der Waals surface area contributed by atoms with Crippen molar-refractivity contribution in [3.8, 4) is 5.95 Å². The van der Waals surface area contributed by atoms with Crippen LogP contribution in [0.1, 0.15) is 12.8 Å². The molecule has 0 aliphatic carbocycles. The van der Waals surface area contributed by atoms with Gasteiger partial charge in [-0.15, -0.1) is 0 Å². The van der Waals surface area contributed by atoms with Crippen LogP contribution < -0.4 is 10.6 Å². The maximum Gasteiger partial charge on any atom is 0.241 e. The summed E-state index contributed by atoms with van der Waals surface area (Å²) in [6.45, 7) is 1.92. The number of anilines is 2. The summed E-state index contributed by atoms with van der Waals surface area (Å²) in [6.07, 6.45) is 7.36. The molecule has 0 aliphatic heterocycles. The Morgan fingerprint density at radius 3 is 2.62 bits per heavy atom. The van der Waals surface area contributed by atoms with Gasteiger partial charge in [-0.25, -0.2) is 4.98 Å². The van der Waals surface area contributed by atoms with Crippen LogP contribution >= 0.6 is 0 Å². The normalized spacial score (nSPS) is 10.9. The predicted molar refractivity (Wildman–Crippen MR) is 82.8 cm³/mol. The molecule has 2 rings (SSSR count). The van der Waals surface area contributed by atoms with Gasteiger partial charge in [0.15, 0.2) is 0 Å². The van der Waals surface area contributed by atoms with Crippen molar-refractivity contribution in [3.63, 3.8) is 0 Å². The fourth-order valence-electron chi connectivity index (χ4n) is 1.80. The summed E-state index contributed by atoms with van der Waals surface area (Å²) in [5.74, 6) is 1.65. The molecule has 0 aliphatic rings. The third-order valence-corrected chi connectivity index (χ3v) is 2.90. The number of imidazole rings is 1. The summed E-state index contributed by atoms with van der Waals surface area (Å²) < 4.78 is 1.75. The van der Waals surface area contributed by atoms with E-state index in [0.717, 1.165) is 25.9 Å². The number of nitrogens with one attached hydrogen (secondary N) is 2. The molecule has 0 amide bonds. The average molecular weight is 290 g/mol. The Kier molecular flexibility index (Phi) is 5.44. The van der Waals surface area contributed by atoms with Gasteiger partial charge < -0.3 is 15.5 Å². The van der Waals surface area contributed by atoms with E-state index in [1.165, 1.54) is 0 Å². The second kappa shape index (κ2) is 7.53. The third kappa shape index (κ3) is 4.67. The topological polar surface area (TPSA) is 83.8 Å². The molecule has 8 nitrogen and oxygen atoms in total. The third-order valence-electron chi connectivity index (χ3n) is 2.90. The second-order valence-corrected chi connectivity index (χ2v) is 4.94. The van der Waals surface area contributed by atoms with Crippen LogP contribution in [0.5, 0.6) is 0 Å². The highest BCUT2D eigenvalue weighted by atomic mass is 15.3. The van der Waals surface area contributed by atoms with Crippen molar-refractivity contribution in [1.29, 1.82) is 0 Å². The van der Waals surface area contributed by atoms with E-state index in [1.54, 1.807) is 30.3 Å². The van der Waals surface area contributed by atoms with Gasteiger partial charge in [-0.2, -0.15) is 15.0 Å². The molecule has 8 heteroatoms. The van der Waals surface area contributed by atoms with Crippen molar-refractivity contribution in [3.05, 3.63) is 18.7 Å². The molecule has 2 heterocycles. The highest BCUT2D eigenvalue weighted by Gasteiger charge is 2.06. The lowest BCUT2D eigenvalue weighted by molar-refractivity contribution is 0.396. The van der Waals surface area contributed by atoms with E-state index >= 15 is 0 Å². The predicted octanol–water partition coefficient (Wildman–Crippen LogP) is 0.853. The Hall–Kier alpha value is -2.22. The van der Waals surface area contributed by atoms with Gasteiger partial charge in [0.25, 0.3) is 0 Å². The zero-order valence-corrected chi connectivity index (χ0v) is 12.7. The molecular weight excluding hydrogens is 268 g/mol. The van der Waals surface area contributed by atoms with E-state index in [1.807, 2.05) is 0 Å². The molecule has 0 saturated heterocycles. The van der Waals surface area contributed by atoms with Gasteiger partial charge in [-0.3, -0.25) is 4.57 Å². The highest BCUT2D eigenvalue weighted by Crippen LogP contribution is 2.08. The van der Waals surface area contributed by atoms with Crippen LogP contribution in [0.4, 0.5) is 11.9 Å². The standard InChI is InChI=1S/C13H22N8/c1-14-11-17-12(16-6-4-5-8-20(2)3)19-13(18-11)21-9-7-15-10-21/h7,9-10H,4-6,8H2,1-3H3,(H2,14,16,17,18,19). The van der Waals surface area contributed by atoms with Gasteiger partial charge in [0.1, 0.15) is 6.33 Å². The quantitative estimate of drug-likeness (QED) is 0.697. The van der Waals surface area contributed by atoms with E-state index < -0.39 is 0 Å². The van der Waals surface area contributed by atoms with Gasteiger partial charge in [0.2, 0.25) is 17.8 Å². The minimum Gasteiger partial charge on any atom is -0.357 e. The molecule has 0 spiro atoms. The maximum absolute atomic E-state index is 4.40. The molecule has 21 heavy (non-hydrogen) atoms. The Balaban J connectivity index is 1.97. The minimum atomic E-state index is 0.532. The molecule has 0 aromatic carbocycles. The number of hydrogen-bond acceptors (Lipinski definition) is 7. The Labute approximate surface area is 124 Å². The van der Waals surface area contributed by atoms with E-state index in [0.29, 0.717) is 17.8 Å². The molecule has 0 fully saturated rings. The van der Waals surface area contributed by atoms with Crippen LogP contribution in [0.3, 0.4) is 0 Å². The van der Waals surface area contributed by atoms with Crippen molar-refractivity contribution in [2.24, 2.45) is 0 Å². The fraction of sp³-hybridized carbons (Fsp3) is 0.538. The van der Waals surface area contributed by atoms with Crippen molar-refractivity contribution in [2.75, 3.05) is 44.9 Å². The lowest BCUT2D eigenvalue weighted by atomic mass is 10.3. The van der Waals surface area contributed by atoms with E-state index in [9.17, 15) is 0 Å². The number of unbranched alkanes of at least 4 members (excludes halogenated alkanes) is 1. The largest absolute Gasteiger partial charge is 0.357 e. The highest BCUT2D eigenvalue weighted by molar-refractivity contribution is 5.37. The molecule has 2 N–H and O–H groups in total. The summed E-state index contributed by atoms with van der Waals surface area (Å²) in [7, 11) is 5.94. The summed E-state index contributed by atoms with van der Waals surface area (Å²) in [4.78, 5) is 19.2. The van der Waals surface area contributed by atoms with Crippen molar-refractivity contribution >= 4 is 11.9 Å². The number of aromatic nitrogens is 5. The van der Waals surface area contributed by atoms with Gasteiger partial charge >= 0.3 is 0 Å². The monoisotopic (exact) mass is 290 g/mol. The lowest BCUT2D eigenvalue weighted by Crippen LogP contribution is -2.15. The van der Waals surface area contributed by atoms with Gasteiger partial charge in [0.05, 0.1) is 0 Å². The van der Waals surface area contributed by atoms with Crippen molar-refractivity contribution in [2.45, 2.75) is 12.8 Å². The van der Waals surface area contributed by atoms with E-state index in [4.69, 9.17) is 0 Å². The van der Waals surface area contributed by atoms with Gasteiger partial charge in [-0.1, -0.05) is 0 Å². The van der Waals surface area contributed by atoms with Gasteiger partial charge in [0, 0.05) is 26.0 Å². The molecule has 0 radical (unpaired) electrons. The molecular formula is C13H22N8. The van der Waals surface area contributed by atoms with Crippen LogP contribution in [0.2, 0.25) is 0 Å². The average Bonchev–Trinajstić information content (AvgIpc) is 3.00. The maximum atomic E-state index is 4.40. The molecule has 2 aromatic rings. The SMILES string of the molecule is CNc1nc(NCCCCN(C)C)nc(-n2ccnc2)n1. The van der Waals surface area contributed by atoms with Crippen LogP contribution in [0.15, 0.2) is 18.7 Å². The summed E-state index contributed by atoms with van der Waals surface area (Å²) >= 11 is 0. The Bertz CT molecular complexity index is 537. The van der Waals surface area contributed by atoms with E-state index in [2.05, 4.69) is 49.6 Å². The molecule has 0 unspecified atom stereocenters. The minimum absolute atomic E-state index is 0.532. The molecule has 114 valence electrons. The number of hydrogen-bond donors (Lipinski definition) is 2. The van der Waals surface area contributed by atoms with Crippen LogP contribution in [-0.4, -0.2) is 63.6 Å². The Morgan fingerprint density at radius 1 is 1.14 bits per heavy atom. The molecule has 0 saturated carbocycles. The smallest absolute Gasteiger partial charge is 0.241 e. The first-order valence-corrected chi connectivity index (χ1v) is 7.00. The molecule has 2 aromatic heterocycles. The fourth-order valence-corrected chi connectivity index (χ4v) is 1.80. The zero-order chi connectivity index (χ0) is 15.1. The zero-order valence-electron chi connectivity index (χ0n) is 12.7. The summed E-state index contributed by atoms with van der Waals surface area (Å²) in [6, 6.07) is 0. The van der Waals surface area contributed by atoms with Crippen LogP contribution in [0.25, 0.3) is 5.95 Å². The first-order valence-electron chi connectivity index (χ1n) is 7.00. The van der Waals surface area contributed by atoms with Crippen LogP contribution in [0, 0.1) is 0 Å². The summed E-state index contributed by atoms with van der Waals surface area (Å²) in [5.41, 5.74) is 0. The first kappa shape index (κ1) is 15.2. The van der Waals surface area contributed by atoms with E-state index in [-0.39, 0.29) is 0 Å². The first-order chi connectivity index (χ1) is 10.2. The number of nitrogens with zero attached hydrogens (tertiary/aromatic N) is 6. The van der Waals surface area contributed by atoms with Crippen molar-refractivity contribution in [1.82, 2.24) is 29.4 Å². The van der Waals surface area contributed by atoms with Crippen LogP contribution in [-0.2, 0) is 0 Å². The van der Waals surface area contributed by atoms with Crippen molar-refractivity contribution < 1.29 is 0 Å². The summed E-state index contributed by atoms with van der Waals surface area (Å²) in [5, 5.41) is 6.18. The second-order valence-electron chi connectivity index (χ2n) is 4.94. The van der Waals surface area contributed by atoms with Gasteiger partial charge in [-0.05, 0) is 33.5 Å². The number of rotatable bonds is 8. The lowest BCUT2D eigenvalue weighted by Gasteiger charge is -2.10. The molecule has 0 bridgehead atoms. The molecule has 0 atom stereocenters.